The summed E-state index contributed by atoms with van der Waals surface area (Å²) >= 11 is 3.06. The van der Waals surface area contributed by atoms with Crippen LogP contribution in [0.2, 0.25) is 0 Å². The van der Waals surface area contributed by atoms with Crippen molar-refractivity contribution in [3.05, 3.63) is 72.2 Å². The Morgan fingerprint density at radius 1 is 1.00 bits per heavy atom. The van der Waals surface area contributed by atoms with Crippen LogP contribution in [0, 0.1) is 20.2 Å². The van der Waals surface area contributed by atoms with E-state index >= 15 is 0 Å². The summed E-state index contributed by atoms with van der Waals surface area (Å²) in [5.41, 5.74) is -2.02. The highest BCUT2D eigenvalue weighted by Gasteiger charge is 2.30. The average Bonchev–Trinajstić information content (AvgIpc) is 2.68. The van der Waals surface area contributed by atoms with Crippen molar-refractivity contribution < 1.29 is 29.3 Å². The van der Waals surface area contributed by atoms with Crippen molar-refractivity contribution in [2.24, 2.45) is 0 Å². The van der Waals surface area contributed by atoms with Crippen LogP contribution in [0.15, 0.2) is 40.9 Å². The number of hydrogen-bond acceptors (Lipinski definition) is 7. The first-order valence-electron chi connectivity index (χ1n) is 7.91. The molecular formula is C17H12BrN3O8. The summed E-state index contributed by atoms with van der Waals surface area (Å²) < 4.78 is 0.0316. The number of anilines is 1. The molecule has 0 aliphatic heterocycles. The molecule has 150 valence electrons. The molecule has 0 bridgehead atoms. The van der Waals surface area contributed by atoms with Crippen LogP contribution in [0.25, 0.3) is 0 Å². The van der Waals surface area contributed by atoms with Gasteiger partial charge in [0.05, 0.1) is 26.7 Å². The molecule has 12 heteroatoms. The van der Waals surface area contributed by atoms with E-state index in [0.717, 1.165) is 36.4 Å². The maximum Gasteiger partial charge on any atom is 0.336 e. The van der Waals surface area contributed by atoms with Crippen LogP contribution in [-0.4, -0.2) is 32.7 Å². The summed E-state index contributed by atoms with van der Waals surface area (Å²) in [7, 11) is 0. The predicted octanol–water partition coefficient (Wildman–Crippen LogP) is 3.55. The van der Waals surface area contributed by atoms with E-state index in [1.165, 1.54) is 6.92 Å². The number of carbonyl (C=O) groups excluding carboxylic acids is 2. The highest BCUT2D eigenvalue weighted by Crippen LogP contribution is 2.32. The second kappa shape index (κ2) is 8.56. The van der Waals surface area contributed by atoms with Crippen molar-refractivity contribution in [3.63, 3.8) is 0 Å². The lowest BCUT2D eigenvalue weighted by atomic mass is 10.0. The lowest BCUT2D eigenvalue weighted by Crippen LogP contribution is -2.37. The molecule has 11 nitrogen and oxygen atoms in total. The zero-order chi connectivity index (χ0) is 21.9. The molecule has 2 amide bonds. The van der Waals surface area contributed by atoms with Crippen LogP contribution < -0.4 is 4.90 Å². The molecule has 0 unspecified atom stereocenters. The van der Waals surface area contributed by atoms with Crippen LogP contribution in [0.3, 0.4) is 0 Å². The SMILES string of the molecule is CCC(=O)N(C(=O)c1cc([N+](=O)[O-])ccc1C(=O)O)c1ccc([N+](=O)[O-])cc1Br. The van der Waals surface area contributed by atoms with E-state index in [-0.39, 0.29) is 22.3 Å². The molecule has 0 radical (unpaired) electrons. The monoisotopic (exact) mass is 465 g/mol. The Morgan fingerprint density at radius 2 is 1.55 bits per heavy atom. The minimum atomic E-state index is -1.52. The van der Waals surface area contributed by atoms with E-state index in [1.807, 2.05) is 0 Å². The normalized spacial score (nSPS) is 10.3. The highest BCUT2D eigenvalue weighted by atomic mass is 79.9. The lowest BCUT2D eigenvalue weighted by molar-refractivity contribution is -0.385. The summed E-state index contributed by atoms with van der Waals surface area (Å²) in [4.78, 5) is 58.1. The van der Waals surface area contributed by atoms with Crippen LogP contribution in [0.5, 0.6) is 0 Å². The van der Waals surface area contributed by atoms with Gasteiger partial charge in [-0.3, -0.25) is 29.8 Å². The number of nitro groups is 2. The average molecular weight is 466 g/mol. The fraction of sp³-hybridized carbons (Fsp3) is 0.118. The van der Waals surface area contributed by atoms with E-state index < -0.39 is 44.4 Å². The van der Waals surface area contributed by atoms with Gasteiger partial charge in [-0.05, 0) is 28.1 Å². The Kier molecular flexibility index (Phi) is 6.38. The van der Waals surface area contributed by atoms with Gasteiger partial charge in [0.2, 0.25) is 5.91 Å². The van der Waals surface area contributed by atoms with Gasteiger partial charge in [0.15, 0.2) is 0 Å². The summed E-state index contributed by atoms with van der Waals surface area (Å²) in [5.74, 6) is -3.38. The highest BCUT2D eigenvalue weighted by molar-refractivity contribution is 9.10. The fourth-order valence-corrected chi connectivity index (χ4v) is 2.98. The molecule has 0 aromatic heterocycles. The molecule has 0 aliphatic rings. The minimum Gasteiger partial charge on any atom is -0.478 e. The van der Waals surface area contributed by atoms with Crippen LogP contribution in [-0.2, 0) is 4.79 Å². The molecule has 0 saturated carbocycles. The number of benzene rings is 2. The number of amides is 2. The van der Waals surface area contributed by atoms with E-state index in [0.29, 0.717) is 4.90 Å². The first-order valence-corrected chi connectivity index (χ1v) is 8.70. The first-order chi connectivity index (χ1) is 13.6. The van der Waals surface area contributed by atoms with Gasteiger partial charge in [-0.1, -0.05) is 6.92 Å². The van der Waals surface area contributed by atoms with Crippen molar-refractivity contribution in [3.8, 4) is 0 Å². The molecule has 2 rings (SSSR count). The van der Waals surface area contributed by atoms with Crippen LogP contribution in [0.1, 0.15) is 34.1 Å². The molecule has 0 aliphatic carbocycles. The Hall–Kier alpha value is -3.67. The third kappa shape index (κ3) is 4.43. The number of carboxylic acid groups (broad SMARTS) is 1. The number of rotatable bonds is 6. The van der Waals surface area contributed by atoms with Gasteiger partial charge in [0, 0.05) is 35.2 Å². The van der Waals surface area contributed by atoms with E-state index in [1.54, 1.807) is 0 Å². The Labute approximate surface area is 171 Å². The molecule has 0 saturated heterocycles. The molecule has 2 aromatic rings. The molecule has 1 N–H and O–H groups in total. The number of carbonyl (C=O) groups is 3. The van der Waals surface area contributed by atoms with Gasteiger partial charge < -0.3 is 5.11 Å². The maximum atomic E-state index is 13.1. The van der Waals surface area contributed by atoms with Crippen molar-refractivity contribution >= 4 is 50.8 Å². The third-order valence-corrected chi connectivity index (χ3v) is 4.45. The first kappa shape index (κ1) is 21.6. The smallest absolute Gasteiger partial charge is 0.336 e. The zero-order valence-electron chi connectivity index (χ0n) is 14.7. The third-order valence-electron chi connectivity index (χ3n) is 3.81. The number of imide groups is 1. The number of aromatic carboxylic acids is 1. The van der Waals surface area contributed by atoms with Crippen molar-refractivity contribution in [2.45, 2.75) is 13.3 Å². The van der Waals surface area contributed by atoms with Gasteiger partial charge in [-0.25, -0.2) is 9.69 Å². The number of halogens is 1. The molecule has 29 heavy (non-hydrogen) atoms. The van der Waals surface area contributed by atoms with Gasteiger partial charge in [-0.15, -0.1) is 0 Å². The van der Waals surface area contributed by atoms with Crippen LogP contribution >= 0.6 is 15.9 Å². The van der Waals surface area contributed by atoms with E-state index in [2.05, 4.69) is 15.9 Å². The van der Waals surface area contributed by atoms with Gasteiger partial charge in [-0.2, -0.15) is 0 Å². The van der Waals surface area contributed by atoms with Gasteiger partial charge in [0.25, 0.3) is 17.3 Å². The maximum absolute atomic E-state index is 13.1. The number of nitrogens with zero attached hydrogens (tertiary/aromatic N) is 3. The molecule has 0 atom stereocenters. The van der Waals surface area contributed by atoms with Crippen molar-refractivity contribution in [1.82, 2.24) is 0 Å². The Bertz CT molecular complexity index is 1050. The largest absolute Gasteiger partial charge is 0.478 e. The summed E-state index contributed by atoms with van der Waals surface area (Å²) in [5, 5.41) is 31.3. The van der Waals surface area contributed by atoms with E-state index in [9.17, 15) is 39.7 Å². The molecular weight excluding hydrogens is 454 g/mol. The van der Waals surface area contributed by atoms with Crippen molar-refractivity contribution in [1.29, 1.82) is 0 Å². The van der Waals surface area contributed by atoms with Crippen molar-refractivity contribution in [2.75, 3.05) is 4.90 Å². The summed E-state index contributed by atoms with van der Waals surface area (Å²) in [6.45, 7) is 1.45. The molecule has 0 spiro atoms. The number of non-ortho nitro benzene ring substituents is 2. The Balaban J connectivity index is 2.69. The summed E-state index contributed by atoms with van der Waals surface area (Å²) in [6.07, 6.45) is -0.160. The molecule has 0 heterocycles. The number of hydrogen-bond donors (Lipinski definition) is 1. The fourth-order valence-electron chi connectivity index (χ4n) is 2.44. The lowest BCUT2D eigenvalue weighted by Gasteiger charge is -2.22. The van der Waals surface area contributed by atoms with Crippen LogP contribution in [0.4, 0.5) is 17.1 Å². The quantitative estimate of drug-likeness (QED) is 0.499. The van der Waals surface area contributed by atoms with Gasteiger partial charge >= 0.3 is 5.97 Å². The Morgan fingerprint density at radius 3 is 2.03 bits per heavy atom. The molecule has 0 fully saturated rings. The minimum absolute atomic E-state index is 0.0316. The summed E-state index contributed by atoms with van der Waals surface area (Å²) in [6, 6.07) is 5.87. The topological polar surface area (TPSA) is 161 Å². The standard InChI is InChI=1S/C17H12BrN3O8/c1-2-15(22)19(14-6-4-10(21(28)29)8-13(14)18)16(23)12-7-9(20(26)27)3-5-11(12)17(24)25/h3-8H,2H2,1H3,(H,24,25). The second-order valence-electron chi connectivity index (χ2n) is 5.57. The second-order valence-corrected chi connectivity index (χ2v) is 6.43. The van der Waals surface area contributed by atoms with Gasteiger partial charge in [0.1, 0.15) is 0 Å². The molecule has 2 aromatic carbocycles. The predicted molar refractivity (Wildman–Crippen MR) is 103 cm³/mol. The number of carboxylic acids is 1. The number of nitro benzene ring substituents is 2. The zero-order valence-corrected chi connectivity index (χ0v) is 16.3. The van der Waals surface area contributed by atoms with E-state index in [4.69, 9.17) is 0 Å².